The van der Waals surface area contributed by atoms with Crippen molar-refractivity contribution < 1.29 is 19.7 Å². The van der Waals surface area contributed by atoms with Gasteiger partial charge in [0.05, 0.1) is 47.9 Å². The number of halogens is 2. The summed E-state index contributed by atoms with van der Waals surface area (Å²) in [6.45, 7) is 5.45. The van der Waals surface area contributed by atoms with Crippen LogP contribution in [0.2, 0.25) is 10.0 Å². The van der Waals surface area contributed by atoms with Crippen molar-refractivity contribution in [1.29, 1.82) is 0 Å². The lowest BCUT2D eigenvalue weighted by atomic mass is 9.99. The van der Waals surface area contributed by atoms with E-state index < -0.39 is 12.2 Å². The van der Waals surface area contributed by atoms with E-state index in [0.717, 1.165) is 33.4 Å². The highest BCUT2D eigenvalue weighted by Gasteiger charge is 2.18. The molecule has 8 nitrogen and oxygen atoms in total. The van der Waals surface area contributed by atoms with Crippen LogP contribution in [-0.2, 0) is 13.1 Å². The molecule has 2 aromatic carbocycles. The Morgan fingerprint density at radius 1 is 0.810 bits per heavy atom. The predicted octanol–water partition coefficient (Wildman–Crippen LogP) is 5.74. The van der Waals surface area contributed by atoms with Crippen LogP contribution in [0.25, 0.3) is 33.6 Å². The Labute approximate surface area is 256 Å². The van der Waals surface area contributed by atoms with Gasteiger partial charge in [-0.05, 0) is 49.7 Å². The van der Waals surface area contributed by atoms with Gasteiger partial charge < -0.3 is 30.3 Å². The number of hydrogen-bond acceptors (Lipinski definition) is 8. The van der Waals surface area contributed by atoms with Crippen LogP contribution in [0.1, 0.15) is 25.0 Å². The smallest absolute Gasteiger partial charge is 0.218 e. The summed E-state index contributed by atoms with van der Waals surface area (Å²) in [6.07, 6.45) is 0.810. The van der Waals surface area contributed by atoms with Gasteiger partial charge in [0, 0.05) is 60.2 Å². The lowest BCUT2D eigenvalue weighted by molar-refractivity contribution is 0.190. The molecular weight excluding hydrogens is 575 g/mol. The fraction of sp³-hybridized carbons (Fsp3) is 0.312. The summed E-state index contributed by atoms with van der Waals surface area (Å²) in [7, 11) is 3.19. The fourth-order valence-corrected chi connectivity index (χ4v) is 5.23. The number of aliphatic hydroxyl groups is 2. The molecule has 0 radical (unpaired) electrons. The van der Waals surface area contributed by atoms with E-state index in [4.69, 9.17) is 37.7 Å². The molecular formula is C32H36Cl2N4O4. The van der Waals surface area contributed by atoms with Crippen molar-refractivity contribution in [3.63, 3.8) is 0 Å². The predicted molar refractivity (Wildman–Crippen MR) is 168 cm³/mol. The summed E-state index contributed by atoms with van der Waals surface area (Å²) in [4.78, 5) is 9.31. The molecule has 0 bridgehead atoms. The Kier molecular flexibility index (Phi) is 11.2. The Morgan fingerprint density at radius 3 is 2.19 bits per heavy atom. The molecule has 0 aliphatic heterocycles. The molecule has 0 spiro atoms. The molecule has 4 rings (SSSR count). The summed E-state index contributed by atoms with van der Waals surface area (Å²) >= 11 is 14.0. The van der Waals surface area contributed by atoms with Crippen LogP contribution in [0.15, 0.2) is 60.8 Å². The van der Waals surface area contributed by atoms with E-state index in [2.05, 4.69) is 15.6 Å². The molecule has 0 unspecified atom stereocenters. The first-order valence-corrected chi connectivity index (χ1v) is 14.4. The zero-order valence-electron chi connectivity index (χ0n) is 24.1. The van der Waals surface area contributed by atoms with E-state index in [-0.39, 0.29) is 0 Å². The molecule has 4 N–H and O–H groups in total. The van der Waals surface area contributed by atoms with E-state index in [1.165, 1.54) is 0 Å². The topological polar surface area (TPSA) is 109 Å². The molecule has 0 saturated heterocycles. The van der Waals surface area contributed by atoms with E-state index in [1.54, 1.807) is 34.3 Å². The fourth-order valence-electron chi connectivity index (χ4n) is 4.58. The molecule has 2 aromatic heterocycles. The molecule has 2 atom stereocenters. The molecule has 0 aliphatic carbocycles. The summed E-state index contributed by atoms with van der Waals surface area (Å²) in [5.74, 6) is 1.15. The first kappa shape index (κ1) is 31.7. The largest absolute Gasteiger partial charge is 0.497 e. The number of nitrogens with zero attached hydrogens (tertiary/aromatic N) is 2. The van der Waals surface area contributed by atoms with E-state index in [9.17, 15) is 10.2 Å². The molecule has 222 valence electrons. The Morgan fingerprint density at radius 2 is 1.50 bits per heavy atom. The van der Waals surface area contributed by atoms with Crippen molar-refractivity contribution in [3.8, 4) is 45.3 Å². The second-order valence-electron chi connectivity index (χ2n) is 10.1. The summed E-state index contributed by atoms with van der Waals surface area (Å²) < 4.78 is 11.1. The third kappa shape index (κ3) is 7.77. The van der Waals surface area contributed by atoms with Crippen molar-refractivity contribution in [2.45, 2.75) is 39.1 Å². The van der Waals surface area contributed by atoms with Gasteiger partial charge in [0.1, 0.15) is 5.75 Å². The van der Waals surface area contributed by atoms with Crippen molar-refractivity contribution in [3.05, 3.63) is 82.0 Å². The Hall–Kier alpha value is -3.24. The minimum atomic E-state index is -0.450. The van der Waals surface area contributed by atoms with Crippen LogP contribution in [0, 0.1) is 0 Å². The van der Waals surface area contributed by atoms with Crippen LogP contribution >= 0.6 is 23.2 Å². The lowest BCUT2D eigenvalue weighted by Gasteiger charge is -2.15. The van der Waals surface area contributed by atoms with Crippen LogP contribution in [0.3, 0.4) is 0 Å². The number of hydrogen-bond donors (Lipinski definition) is 4. The molecule has 0 saturated carbocycles. The molecule has 2 heterocycles. The Bertz CT molecular complexity index is 1510. The van der Waals surface area contributed by atoms with Crippen LogP contribution in [0.4, 0.5) is 0 Å². The normalized spacial score (nSPS) is 12.7. The van der Waals surface area contributed by atoms with E-state index >= 15 is 0 Å². The summed E-state index contributed by atoms with van der Waals surface area (Å²) in [5.41, 5.74) is 6.11. The van der Waals surface area contributed by atoms with Crippen LogP contribution in [-0.4, -0.2) is 59.7 Å². The molecule has 0 aliphatic rings. The maximum atomic E-state index is 9.59. The standard InChI is InChI=1S/C32H36Cl2N4O4/c1-19(39)15-35-17-21-12-23(14-24(13-21)41-3)31-30(34)26(10-11-37-31)25-6-5-7-27(29(25)33)28-9-8-22(32(38-28)42-4)18-36-16-20(2)40/h5-14,19-20,35-36,39-40H,15-18H2,1-4H3/t19-,20+/m1/s1. The average molecular weight is 612 g/mol. The van der Waals surface area contributed by atoms with E-state index in [1.807, 2.05) is 54.6 Å². The van der Waals surface area contributed by atoms with Gasteiger partial charge in [-0.25, -0.2) is 4.98 Å². The van der Waals surface area contributed by atoms with Gasteiger partial charge in [0.15, 0.2) is 0 Å². The maximum absolute atomic E-state index is 9.59. The average Bonchev–Trinajstić information content (AvgIpc) is 2.97. The van der Waals surface area contributed by atoms with Gasteiger partial charge in [-0.1, -0.05) is 47.5 Å². The SMILES string of the molecule is COc1cc(CNC[C@@H](C)O)cc(-c2nccc(-c3cccc(-c4ccc(CNC[C@H](C)O)c(OC)n4)c3Cl)c2Cl)c1. The van der Waals surface area contributed by atoms with Crippen molar-refractivity contribution in [2.24, 2.45) is 0 Å². The maximum Gasteiger partial charge on any atom is 0.218 e. The molecule has 0 amide bonds. The highest BCUT2D eigenvalue weighted by molar-refractivity contribution is 6.39. The monoisotopic (exact) mass is 610 g/mol. The van der Waals surface area contributed by atoms with Gasteiger partial charge in [-0.2, -0.15) is 0 Å². The highest BCUT2D eigenvalue weighted by Crippen LogP contribution is 2.42. The van der Waals surface area contributed by atoms with Gasteiger partial charge in [-0.15, -0.1) is 0 Å². The second kappa shape index (κ2) is 14.8. The molecule has 0 fully saturated rings. The van der Waals surface area contributed by atoms with Gasteiger partial charge in [0.2, 0.25) is 5.88 Å². The number of ether oxygens (including phenoxy) is 2. The zero-order chi connectivity index (χ0) is 30.2. The Balaban J connectivity index is 1.69. The van der Waals surface area contributed by atoms with Crippen LogP contribution in [0.5, 0.6) is 11.6 Å². The number of aromatic nitrogens is 2. The summed E-state index contributed by atoms with van der Waals surface area (Å²) in [6, 6.07) is 17.2. The summed E-state index contributed by atoms with van der Waals surface area (Å²) in [5, 5.41) is 26.5. The van der Waals surface area contributed by atoms with Crippen molar-refractivity contribution >= 4 is 23.2 Å². The van der Waals surface area contributed by atoms with Crippen LogP contribution < -0.4 is 20.1 Å². The third-order valence-electron chi connectivity index (χ3n) is 6.59. The van der Waals surface area contributed by atoms with Crippen molar-refractivity contribution in [2.75, 3.05) is 27.3 Å². The minimum absolute atomic E-state index is 0.449. The molecule has 42 heavy (non-hydrogen) atoms. The molecule has 4 aromatic rings. The number of aliphatic hydroxyl groups excluding tert-OH is 2. The number of rotatable bonds is 13. The lowest BCUT2D eigenvalue weighted by Crippen LogP contribution is -2.24. The first-order chi connectivity index (χ1) is 20.2. The molecule has 10 heteroatoms. The zero-order valence-corrected chi connectivity index (χ0v) is 25.6. The van der Waals surface area contributed by atoms with Crippen molar-refractivity contribution in [1.82, 2.24) is 20.6 Å². The highest BCUT2D eigenvalue weighted by atomic mass is 35.5. The van der Waals surface area contributed by atoms with E-state index in [0.29, 0.717) is 59.2 Å². The number of pyridine rings is 2. The second-order valence-corrected chi connectivity index (χ2v) is 10.8. The minimum Gasteiger partial charge on any atom is -0.497 e. The van der Waals surface area contributed by atoms with Gasteiger partial charge in [-0.3, -0.25) is 4.98 Å². The first-order valence-electron chi connectivity index (χ1n) is 13.6. The number of nitrogens with one attached hydrogen (secondary N) is 2. The number of methoxy groups -OCH3 is 2. The quantitative estimate of drug-likeness (QED) is 0.152. The van der Waals surface area contributed by atoms with Gasteiger partial charge >= 0.3 is 0 Å². The number of benzene rings is 2. The van der Waals surface area contributed by atoms with Gasteiger partial charge in [0.25, 0.3) is 0 Å². The third-order valence-corrected chi connectivity index (χ3v) is 7.38.